The summed E-state index contributed by atoms with van der Waals surface area (Å²) >= 11 is 0. The summed E-state index contributed by atoms with van der Waals surface area (Å²) in [5.41, 5.74) is 1.64. The van der Waals surface area contributed by atoms with Gasteiger partial charge in [0.05, 0.1) is 18.6 Å². The molecule has 1 atom stereocenters. The molecule has 1 aliphatic heterocycles. The molecular formula is C22H28N2O5S. The lowest BCUT2D eigenvalue weighted by atomic mass is 10.1. The second kappa shape index (κ2) is 9.84. The number of hydrogen-bond donors (Lipinski definition) is 1. The average molecular weight is 433 g/mol. The van der Waals surface area contributed by atoms with Crippen LogP contribution < -0.4 is 19.1 Å². The molecule has 1 unspecified atom stereocenters. The van der Waals surface area contributed by atoms with Gasteiger partial charge in [0, 0.05) is 19.5 Å². The monoisotopic (exact) mass is 432 g/mol. The number of rotatable bonds is 8. The molecule has 0 aliphatic carbocycles. The second-order valence-corrected chi connectivity index (χ2v) is 9.08. The van der Waals surface area contributed by atoms with Gasteiger partial charge >= 0.3 is 0 Å². The number of para-hydroxylation sites is 2. The van der Waals surface area contributed by atoms with Gasteiger partial charge in [-0.2, -0.15) is 0 Å². The third kappa shape index (κ3) is 5.66. The van der Waals surface area contributed by atoms with Crippen molar-refractivity contribution in [1.82, 2.24) is 5.32 Å². The van der Waals surface area contributed by atoms with E-state index in [2.05, 4.69) is 5.32 Å². The zero-order valence-electron chi connectivity index (χ0n) is 17.3. The lowest BCUT2D eigenvalue weighted by molar-refractivity contribution is -0.128. The van der Waals surface area contributed by atoms with Crippen molar-refractivity contribution in [3.63, 3.8) is 0 Å². The number of hydrogen-bond acceptors (Lipinski definition) is 5. The number of sulfonamides is 1. The summed E-state index contributed by atoms with van der Waals surface area (Å²) in [6, 6.07) is 14.8. The number of benzene rings is 2. The molecule has 2 aromatic carbocycles. The van der Waals surface area contributed by atoms with E-state index in [0.717, 1.165) is 24.8 Å². The van der Waals surface area contributed by atoms with Crippen LogP contribution in [-0.4, -0.2) is 46.4 Å². The topological polar surface area (TPSA) is 84.9 Å². The number of carbonyl (C=O) groups is 1. The Morgan fingerprint density at radius 3 is 2.63 bits per heavy atom. The standard InChI is InChI=1S/C22H28N2O5S/c1-3-28-18-12-10-17(11-13-18)7-6-15-23-22(25)21-14-16-24(30(2,26)27)19-8-4-5-9-20(19)29-21/h4-5,8-13,21H,3,6-7,14-16H2,1-2H3,(H,23,25). The predicted octanol–water partition coefficient (Wildman–Crippen LogP) is 2.75. The van der Waals surface area contributed by atoms with Gasteiger partial charge in [-0.05, 0) is 49.6 Å². The van der Waals surface area contributed by atoms with E-state index in [9.17, 15) is 13.2 Å². The van der Waals surface area contributed by atoms with E-state index < -0.39 is 16.1 Å². The van der Waals surface area contributed by atoms with Crippen molar-refractivity contribution in [3.05, 3.63) is 54.1 Å². The minimum Gasteiger partial charge on any atom is -0.494 e. The van der Waals surface area contributed by atoms with Gasteiger partial charge in [0.15, 0.2) is 6.10 Å². The van der Waals surface area contributed by atoms with E-state index in [4.69, 9.17) is 9.47 Å². The van der Waals surface area contributed by atoms with Crippen LogP contribution in [0.2, 0.25) is 0 Å². The van der Waals surface area contributed by atoms with E-state index in [0.29, 0.717) is 24.6 Å². The zero-order chi connectivity index (χ0) is 21.6. The van der Waals surface area contributed by atoms with Crippen molar-refractivity contribution in [2.45, 2.75) is 32.3 Å². The first-order valence-electron chi connectivity index (χ1n) is 10.1. The summed E-state index contributed by atoms with van der Waals surface area (Å²) in [4.78, 5) is 12.6. The molecule has 162 valence electrons. The molecule has 1 amide bonds. The lowest BCUT2D eigenvalue weighted by Gasteiger charge is -2.20. The van der Waals surface area contributed by atoms with E-state index in [1.807, 2.05) is 31.2 Å². The van der Waals surface area contributed by atoms with E-state index in [1.165, 1.54) is 9.87 Å². The number of ether oxygens (including phenoxy) is 2. The third-order valence-electron chi connectivity index (χ3n) is 4.87. The summed E-state index contributed by atoms with van der Waals surface area (Å²) in [6.07, 6.45) is 2.34. The van der Waals surface area contributed by atoms with Crippen molar-refractivity contribution in [2.24, 2.45) is 0 Å². The van der Waals surface area contributed by atoms with Crippen molar-refractivity contribution in [3.8, 4) is 11.5 Å². The smallest absolute Gasteiger partial charge is 0.261 e. The van der Waals surface area contributed by atoms with Gasteiger partial charge in [0.1, 0.15) is 11.5 Å². The number of carbonyl (C=O) groups excluding carboxylic acids is 1. The highest BCUT2D eigenvalue weighted by Gasteiger charge is 2.30. The number of fused-ring (bicyclic) bond motifs is 1. The molecule has 1 N–H and O–H groups in total. The first-order chi connectivity index (χ1) is 14.4. The zero-order valence-corrected chi connectivity index (χ0v) is 18.2. The Morgan fingerprint density at radius 1 is 1.20 bits per heavy atom. The van der Waals surface area contributed by atoms with Crippen LogP contribution in [0.1, 0.15) is 25.3 Å². The van der Waals surface area contributed by atoms with Gasteiger partial charge in [-0.25, -0.2) is 8.42 Å². The Kier molecular flexibility index (Phi) is 7.20. The van der Waals surface area contributed by atoms with Crippen LogP contribution >= 0.6 is 0 Å². The first-order valence-corrected chi connectivity index (χ1v) is 12.0. The fourth-order valence-electron chi connectivity index (χ4n) is 3.40. The molecule has 2 aromatic rings. The fourth-order valence-corrected chi connectivity index (χ4v) is 4.34. The van der Waals surface area contributed by atoms with Gasteiger partial charge in [0.2, 0.25) is 10.0 Å². The molecule has 8 heteroatoms. The van der Waals surface area contributed by atoms with Crippen LogP contribution in [0.25, 0.3) is 0 Å². The highest BCUT2D eigenvalue weighted by atomic mass is 32.2. The third-order valence-corrected chi connectivity index (χ3v) is 6.05. The summed E-state index contributed by atoms with van der Waals surface area (Å²) < 4.78 is 36.9. The number of aryl methyl sites for hydroxylation is 1. The van der Waals surface area contributed by atoms with Crippen molar-refractivity contribution >= 4 is 21.6 Å². The summed E-state index contributed by atoms with van der Waals surface area (Å²) in [5, 5.41) is 2.91. The molecule has 1 aliphatic rings. The lowest BCUT2D eigenvalue weighted by Crippen LogP contribution is -2.40. The average Bonchev–Trinajstić information content (AvgIpc) is 2.92. The van der Waals surface area contributed by atoms with Gasteiger partial charge in [-0.1, -0.05) is 24.3 Å². The van der Waals surface area contributed by atoms with Crippen molar-refractivity contribution in [1.29, 1.82) is 0 Å². The van der Waals surface area contributed by atoms with Crippen LogP contribution in [0.5, 0.6) is 11.5 Å². The quantitative estimate of drug-likeness (QED) is 0.649. The summed E-state index contributed by atoms with van der Waals surface area (Å²) in [6.45, 7) is 3.30. The number of nitrogens with zero attached hydrogens (tertiary/aromatic N) is 1. The van der Waals surface area contributed by atoms with E-state index >= 15 is 0 Å². The molecule has 0 radical (unpaired) electrons. The van der Waals surface area contributed by atoms with Gasteiger partial charge in [-0.15, -0.1) is 0 Å². The Bertz CT molecular complexity index is 960. The molecular weight excluding hydrogens is 404 g/mol. The number of amides is 1. The largest absolute Gasteiger partial charge is 0.494 e. The van der Waals surface area contributed by atoms with Crippen LogP contribution in [-0.2, 0) is 21.2 Å². The van der Waals surface area contributed by atoms with E-state index in [1.54, 1.807) is 24.3 Å². The van der Waals surface area contributed by atoms with Gasteiger partial charge in [0.25, 0.3) is 5.91 Å². The van der Waals surface area contributed by atoms with Crippen LogP contribution in [0, 0.1) is 0 Å². The molecule has 7 nitrogen and oxygen atoms in total. The first kappa shape index (κ1) is 22.0. The molecule has 1 heterocycles. The fraction of sp³-hybridized carbons (Fsp3) is 0.409. The molecule has 0 saturated heterocycles. The molecule has 0 bridgehead atoms. The van der Waals surface area contributed by atoms with Gasteiger partial charge < -0.3 is 14.8 Å². The SMILES string of the molecule is CCOc1ccc(CCCNC(=O)C2CCN(S(C)(=O)=O)c3ccccc3O2)cc1. The molecule has 0 aromatic heterocycles. The number of nitrogens with one attached hydrogen (secondary N) is 1. The molecule has 30 heavy (non-hydrogen) atoms. The molecule has 0 saturated carbocycles. The van der Waals surface area contributed by atoms with Crippen LogP contribution in [0.4, 0.5) is 5.69 Å². The number of anilines is 1. The maximum Gasteiger partial charge on any atom is 0.261 e. The van der Waals surface area contributed by atoms with Gasteiger partial charge in [-0.3, -0.25) is 9.10 Å². The highest BCUT2D eigenvalue weighted by Crippen LogP contribution is 2.33. The minimum absolute atomic E-state index is 0.195. The minimum atomic E-state index is -3.46. The Hall–Kier alpha value is -2.74. The maximum absolute atomic E-state index is 12.6. The Labute approximate surface area is 178 Å². The predicted molar refractivity (Wildman–Crippen MR) is 117 cm³/mol. The molecule has 0 fully saturated rings. The van der Waals surface area contributed by atoms with E-state index in [-0.39, 0.29) is 18.9 Å². The molecule has 0 spiro atoms. The second-order valence-electron chi connectivity index (χ2n) is 7.17. The highest BCUT2D eigenvalue weighted by molar-refractivity contribution is 7.92. The summed E-state index contributed by atoms with van der Waals surface area (Å²) in [7, 11) is -3.46. The van der Waals surface area contributed by atoms with Crippen LogP contribution in [0.15, 0.2) is 48.5 Å². The normalized spacial score (nSPS) is 16.2. The molecule has 3 rings (SSSR count). The van der Waals surface area contributed by atoms with Crippen molar-refractivity contribution in [2.75, 3.05) is 30.3 Å². The Balaban J connectivity index is 1.53. The Morgan fingerprint density at radius 2 is 1.93 bits per heavy atom. The van der Waals surface area contributed by atoms with Crippen molar-refractivity contribution < 1.29 is 22.7 Å². The summed E-state index contributed by atoms with van der Waals surface area (Å²) in [5.74, 6) is 1.02. The maximum atomic E-state index is 12.6. The van der Waals surface area contributed by atoms with Crippen LogP contribution in [0.3, 0.4) is 0 Å².